The summed E-state index contributed by atoms with van der Waals surface area (Å²) in [5.41, 5.74) is 0.0430. The lowest BCUT2D eigenvalue weighted by Crippen LogP contribution is -2.46. The zero-order valence-electron chi connectivity index (χ0n) is 20.4. The minimum atomic E-state index is -1.92. The van der Waals surface area contributed by atoms with Crippen molar-refractivity contribution in [1.29, 1.82) is 0 Å². The van der Waals surface area contributed by atoms with Crippen LogP contribution in [0.1, 0.15) is 77.5 Å². The second-order valence-electron chi connectivity index (χ2n) is 11.5. The van der Waals surface area contributed by atoms with Gasteiger partial charge in [0.15, 0.2) is 14.6 Å². The molecule has 0 unspecified atom stereocenters. The SMILES string of the molecule is CC1(C)COC(c2ccc([C@@H](CO[Si](C)(C)C(C)(C)C)N[S@+]([O-])C(C)(C)C)s2)OC1. The van der Waals surface area contributed by atoms with E-state index >= 15 is 0 Å². The molecular weight excluding hydrogens is 434 g/mol. The fraction of sp³-hybridized carbons (Fsp3) is 0.818. The van der Waals surface area contributed by atoms with E-state index in [1.165, 1.54) is 0 Å². The Kier molecular flexibility index (Phi) is 8.34. The van der Waals surface area contributed by atoms with E-state index in [2.05, 4.69) is 64.6 Å². The highest BCUT2D eigenvalue weighted by Crippen LogP contribution is 2.39. The summed E-state index contributed by atoms with van der Waals surface area (Å²) in [4.78, 5) is 2.14. The summed E-state index contributed by atoms with van der Waals surface area (Å²) < 4.78 is 34.2. The van der Waals surface area contributed by atoms with E-state index in [0.29, 0.717) is 19.8 Å². The first-order chi connectivity index (χ1) is 13.5. The maximum Gasteiger partial charge on any atom is 0.193 e. The lowest BCUT2D eigenvalue weighted by Gasteiger charge is -2.37. The van der Waals surface area contributed by atoms with Crippen LogP contribution in [0.3, 0.4) is 0 Å². The topological polar surface area (TPSA) is 62.8 Å². The van der Waals surface area contributed by atoms with E-state index in [1.54, 1.807) is 11.3 Å². The summed E-state index contributed by atoms with van der Waals surface area (Å²) >= 11 is 0.453. The van der Waals surface area contributed by atoms with Crippen LogP contribution in [-0.4, -0.2) is 37.4 Å². The van der Waals surface area contributed by atoms with Crippen LogP contribution in [0.4, 0.5) is 0 Å². The molecule has 1 fully saturated rings. The number of hydrogen-bond acceptors (Lipinski definition) is 6. The van der Waals surface area contributed by atoms with Crippen molar-refractivity contribution in [3.05, 3.63) is 21.9 Å². The van der Waals surface area contributed by atoms with Crippen LogP contribution in [0.25, 0.3) is 0 Å². The Bertz CT molecular complexity index is 684. The molecule has 0 saturated carbocycles. The van der Waals surface area contributed by atoms with Crippen LogP contribution in [0.5, 0.6) is 0 Å². The second kappa shape index (κ2) is 9.51. The van der Waals surface area contributed by atoms with E-state index in [-0.39, 0.29) is 27.5 Å². The summed E-state index contributed by atoms with van der Waals surface area (Å²) in [5, 5.41) is 0.123. The summed E-state index contributed by atoms with van der Waals surface area (Å²) in [5.74, 6) is 0. The van der Waals surface area contributed by atoms with Crippen molar-refractivity contribution in [2.75, 3.05) is 19.8 Å². The molecule has 1 aromatic heterocycles. The van der Waals surface area contributed by atoms with Gasteiger partial charge in [-0.15, -0.1) is 16.1 Å². The van der Waals surface area contributed by atoms with Crippen molar-refractivity contribution in [1.82, 2.24) is 4.72 Å². The molecule has 174 valence electrons. The third-order valence-corrected chi connectivity index (χ3v) is 13.0. The fourth-order valence-corrected chi connectivity index (χ4v) is 5.47. The summed E-state index contributed by atoms with van der Waals surface area (Å²) in [6, 6.07) is 4.00. The van der Waals surface area contributed by atoms with Crippen molar-refractivity contribution in [2.24, 2.45) is 5.41 Å². The first-order valence-corrected chi connectivity index (χ1v) is 15.5. The average molecular weight is 476 g/mol. The molecule has 2 atom stereocenters. The Morgan fingerprint density at radius 2 is 1.77 bits per heavy atom. The van der Waals surface area contributed by atoms with Gasteiger partial charge in [0.2, 0.25) is 0 Å². The minimum absolute atomic E-state index is 0.0430. The van der Waals surface area contributed by atoms with Gasteiger partial charge in [-0.05, 0) is 51.0 Å². The zero-order chi connectivity index (χ0) is 23.0. The zero-order valence-corrected chi connectivity index (χ0v) is 23.0. The predicted octanol–water partition coefficient (Wildman–Crippen LogP) is 5.93. The Morgan fingerprint density at radius 1 is 1.20 bits per heavy atom. The molecule has 2 rings (SSSR count). The first-order valence-electron chi connectivity index (χ1n) is 10.7. The molecule has 1 N–H and O–H groups in total. The van der Waals surface area contributed by atoms with Gasteiger partial charge in [0.25, 0.3) is 0 Å². The average Bonchev–Trinajstić information content (AvgIpc) is 3.06. The van der Waals surface area contributed by atoms with Gasteiger partial charge < -0.3 is 18.5 Å². The highest BCUT2D eigenvalue weighted by molar-refractivity contribution is 7.90. The number of ether oxygens (including phenoxy) is 2. The van der Waals surface area contributed by atoms with Crippen LogP contribution in [0, 0.1) is 5.41 Å². The molecule has 0 aliphatic carbocycles. The Balaban J connectivity index is 2.17. The van der Waals surface area contributed by atoms with E-state index in [1.807, 2.05) is 20.8 Å². The molecule has 0 amide bonds. The van der Waals surface area contributed by atoms with Gasteiger partial charge in [-0.2, -0.15) is 0 Å². The molecule has 1 saturated heterocycles. The van der Waals surface area contributed by atoms with E-state index in [4.69, 9.17) is 13.9 Å². The Labute approximate surface area is 191 Å². The maximum atomic E-state index is 12.9. The van der Waals surface area contributed by atoms with Gasteiger partial charge in [0.1, 0.15) is 10.8 Å². The lowest BCUT2D eigenvalue weighted by molar-refractivity contribution is -0.224. The largest absolute Gasteiger partial charge is 0.598 e. The molecule has 1 aliphatic heterocycles. The molecule has 8 heteroatoms. The van der Waals surface area contributed by atoms with E-state index < -0.39 is 19.7 Å². The summed E-state index contributed by atoms with van der Waals surface area (Å²) in [6.07, 6.45) is -0.327. The molecule has 0 spiro atoms. The monoisotopic (exact) mass is 475 g/mol. The van der Waals surface area contributed by atoms with Gasteiger partial charge in [0.05, 0.1) is 24.7 Å². The quantitative estimate of drug-likeness (QED) is 0.391. The van der Waals surface area contributed by atoms with Crippen molar-refractivity contribution in [2.45, 2.75) is 90.6 Å². The van der Waals surface area contributed by atoms with Crippen LogP contribution in [0.15, 0.2) is 12.1 Å². The standard InChI is InChI=1S/C22H41NO4S2Si/c1-20(2,3)29(24)23-16(13-27-30(9,10)21(4,5)6)17-11-12-18(28-17)19-25-14-22(7,8)15-26-19/h11-12,16,19,23H,13-15H2,1-10H3/t16-,29-/m1/s1. The number of thiophene rings is 1. The Morgan fingerprint density at radius 3 is 2.27 bits per heavy atom. The maximum absolute atomic E-state index is 12.9. The van der Waals surface area contributed by atoms with Crippen LogP contribution in [0.2, 0.25) is 18.1 Å². The first kappa shape index (κ1) is 26.3. The molecule has 1 aliphatic rings. The molecule has 0 aromatic carbocycles. The highest BCUT2D eigenvalue weighted by atomic mass is 32.2. The van der Waals surface area contributed by atoms with Gasteiger partial charge in [-0.25, -0.2) is 0 Å². The van der Waals surface area contributed by atoms with E-state index in [0.717, 1.165) is 9.75 Å². The smallest absolute Gasteiger partial charge is 0.193 e. The molecule has 5 nitrogen and oxygen atoms in total. The predicted molar refractivity (Wildman–Crippen MR) is 130 cm³/mol. The number of nitrogens with one attached hydrogen (secondary N) is 1. The number of hydrogen-bond donors (Lipinski definition) is 1. The minimum Gasteiger partial charge on any atom is -0.598 e. The van der Waals surface area contributed by atoms with Crippen molar-refractivity contribution in [3.63, 3.8) is 0 Å². The molecule has 2 heterocycles. The molecule has 0 bridgehead atoms. The van der Waals surface area contributed by atoms with Crippen LogP contribution < -0.4 is 4.72 Å². The third kappa shape index (κ3) is 7.03. The van der Waals surface area contributed by atoms with Crippen molar-refractivity contribution < 1.29 is 18.5 Å². The second-order valence-corrected chi connectivity index (χ2v) is 19.4. The Hall–Kier alpha value is 0.0669. The van der Waals surface area contributed by atoms with Crippen molar-refractivity contribution >= 4 is 31.0 Å². The van der Waals surface area contributed by atoms with Gasteiger partial charge >= 0.3 is 0 Å². The summed E-state index contributed by atoms with van der Waals surface area (Å²) in [7, 11) is -1.92. The molecular formula is C22H41NO4S2Si. The van der Waals surface area contributed by atoms with Crippen LogP contribution in [-0.2, 0) is 25.3 Å². The van der Waals surface area contributed by atoms with E-state index in [9.17, 15) is 4.55 Å². The molecule has 30 heavy (non-hydrogen) atoms. The lowest BCUT2D eigenvalue weighted by atomic mass is 9.96. The van der Waals surface area contributed by atoms with Gasteiger partial charge in [-0.3, -0.25) is 0 Å². The van der Waals surface area contributed by atoms with Gasteiger partial charge in [0, 0.05) is 21.7 Å². The fourth-order valence-electron chi connectivity index (χ4n) is 2.53. The highest BCUT2D eigenvalue weighted by Gasteiger charge is 2.39. The van der Waals surface area contributed by atoms with Crippen molar-refractivity contribution in [3.8, 4) is 0 Å². The van der Waals surface area contributed by atoms with Crippen LogP contribution >= 0.6 is 11.3 Å². The van der Waals surface area contributed by atoms with Gasteiger partial charge in [-0.1, -0.05) is 34.6 Å². The third-order valence-electron chi connectivity index (χ3n) is 5.70. The summed E-state index contributed by atoms with van der Waals surface area (Å²) in [6.45, 7) is 23.3. The normalized spacial score (nSPS) is 20.9. The number of rotatable bonds is 7. The molecule has 0 radical (unpaired) electrons. The molecule has 1 aromatic rings.